The van der Waals surface area contributed by atoms with Crippen molar-refractivity contribution in [3.8, 4) is 0 Å². The molecule has 2 aliphatic heterocycles. The van der Waals surface area contributed by atoms with Crippen LogP contribution in [0.3, 0.4) is 0 Å². The van der Waals surface area contributed by atoms with E-state index in [4.69, 9.17) is 12.6 Å². The van der Waals surface area contributed by atoms with Crippen molar-refractivity contribution in [2.75, 3.05) is 27.2 Å². The molecule has 0 aromatic heterocycles. The van der Waals surface area contributed by atoms with Crippen LogP contribution in [-0.2, 0) is 47.0 Å². The topological polar surface area (TPSA) is 133 Å². The predicted octanol–water partition coefficient (Wildman–Crippen LogP) is 12.3. The first-order valence-corrected chi connectivity index (χ1v) is 28.8. The van der Waals surface area contributed by atoms with Gasteiger partial charge in [-0.3, -0.25) is 4.18 Å². The van der Waals surface area contributed by atoms with Gasteiger partial charge in [0.15, 0.2) is 29.4 Å². The van der Waals surface area contributed by atoms with E-state index in [1.54, 1.807) is 0 Å². The van der Waals surface area contributed by atoms with Crippen molar-refractivity contribution in [1.82, 2.24) is 10.2 Å². The minimum Gasteiger partial charge on any atom is -0.726 e. The molecule has 9 nitrogen and oxygen atoms in total. The van der Waals surface area contributed by atoms with Crippen LogP contribution in [0.1, 0.15) is 77.0 Å². The average molecular weight is 1050 g/mol. The maximum Gasteiger partial charge on any atom is 0.425 e. The van der Waals surface area contributed by atoms with Crippen molar-refractivity contribution in [2.45, 2.75) is 119 Å². The molecule has 2 aliphatic carbocycles. The fourth-order valence-electron chi connectivity index (χ4n) is 9.50. The third-order valence-corrected chi connectivity index (χ3v) is 17.5. The molecule has 2 saturated carbocycles. The van der Waals surface area contributed by atoms with E-state index in [0.717, 1.165) is 31.0 Å². The number of nitrogens with zero attached hydrogens (tertiary/aromatic N) is 1. The molecule has 70 heavy (non-hydrogen) atoms. The number of hydrogen-bond donors (Lipinski definition) is 1. The molecule has 0 bridgehead atoms. The molecular formula is C56H70ClN2O7S4+. The van der Waals surface area contributed by atoms with Gasteiger partial charge in [-0.15, -0.1) is 25.0 Å². The van der Waals surface area contributed by atoms with Gasteiger partial charge in [-0.05, 0) is 156 Å². The summed E-state index contributed by atoms with van der Waals surface area (Å²) in [5, 5.41) is 3.62. The van der Waals surface area contributed by atoms with Gasteiger partial charge in [0.05, 0.1) is 28.9 Å². The van der Waals surface area contributed by atoms with Gasteiger partial charge in [0, 0.05) is 12.1 Å². The summed E-state index contributed by atoms with van der Waals surface area (Å²) in [4.78, 5) is 10.8. The van der Waals surface area contributed by atoms with Crippen molar-refractivity contribution in [2.24, 2.45) is 11.8 Å². The summed E-state index contributed by atoms with van der Waals surface area (Å²) in [7, 11) is -4.44. The molecule has 1 N–H and O–H groups in total. The highest BCUT2D eigenvalue weighted by Gasteiger charge is 2.31. The number of halogens is 1. The number of fused-ring (bicyclic) bond motifs is 2. The predicted molar refractivity (Wildman–Crippen MR) is 287 cm³/mol. The number of hydrogen-bond acceptors (Lipinski definition) is 9. The SMILES string of the molecule is C1CCC2NCCCC2C1.CN1CCCC2CCCCC21.COS(=O)(=O)[O-].Cl.O=S(=O)=O.c1ccc([S+](c2ccccc2)c2ccccc2)cc1.c1ccc([S+](c2ccccc2)c2ccccc2)cc1. The summed E-state index contributed by atoms with van der Waals surface area (Å²) < 4.78 is 56.4. The van der Waals surface area contributed by atoms with E-state index in [0.29, 0.717) is 0 Å². The Hall–Kier alpha value is -4.28. The second kappa shape index (κ2) is 32.6. The Balaban J connectivity index is 0.000000195. The highest BCUT2D eigenvalue weighted by atomic mass is 35.5. The standard InChI is InChI=1S/2C18H15S.C10H19N.C9H17N.CH4O4S.ClH.O3S/c2*1-4-10-16(11-5-1)19(17-12-6-2-7-13-17)18-14-8-3-9-15-18;1-11-8-4-6-9-5-2-3-7-10(9)11;1-2-6-9-8(4-1)5-3-7-10-9;1-5-6(2,3)4;;1-4(2)3/h2*1-15H;9-10H,2-8H2,1H3;8-10H,1-7H2;1H3,(H,2,3,4);1H;/q2*+1;;;;;/p-1. The van der Waals surface area contributed by atoms with E-state index in [9.17, 15) is 13.0 Å². The van der Waals surface area contributed by atoms with Crippen LogP contribution < -0.4 is 5.32 Å². The number of rotatable bonds is 7. The van der Waals surface area contributed by atoms with E-state index in [1.165, 1.54) is 120 Å². The van der Waals surface area contributed by atoms with Crippen LogP contribution in [0.25, 0.3) is 0 Å². The monoisotopic (exact) mass is 1050 g/mol. The van der Waals surface area contributed by atoms with Gasteiger partial charge in [-0.2, -0.15) is 0 Å². The molecule has 376 valence electrons. The molecule has 0 radical (unpaired) electrons. The van der Waals surface area contributed by atoms with E-state index in [1.807, 2.05) is 0 Å². The lowest BCUT2D eigenvalue weighted by molar-refractivity contribution is 0.0841. The Bertz CT molecular complexity index is 2180. The maximum absolute atomic E-state index is 9.22. The number of likely N-dealkylation sites (tertiary alicyclic amines) is 1. The van der Waals surface area contributed by atoms with Crippen molar-refractivity contribution in [1.29, 1.82) is 0 Å². The van der Waals surface area contributed by atoms with E-state index >= 15 is 0 Å². The highest BCUT2D eigenvalue weighted by Crippen LogP contribution is 2.35. The Morgan fingerprint density at radius 3 is 1.10 bits per heavy atom. The largest absolute Gasteiger partial charge is 0.726 e. The van der Waals surface area contributed by atoms with E-state index in [-0.39, 0.29) is 34.2 Å². The Morgan fingerprint density at radius 1 is 0.500 bits per heavy atom. The van der Waals surface area contributed by atoms with Gasteiger partial charge < -0.3 is 14.8 Å². The second-order valence-corrected chi connectivity index (χ2v) is 22.9. The summed E-state index contributed by atoms with van der Waals surface area (Å²) in [5.74, 6) is 2.10. The quantitative estimate of drug-likeness (QED) is 0.0942. The normalized spacial score (nSPS) is 19.2. The molecule has 2 heterocycles. The molecule has 4 unspecified atom stereocenters. The van der Waals surface area contributed by atoms with Crippen molar-refractivity contribution in [3.63, 3.8) is 0 Å². The molecule has 10 rings (SSSR count). The molecule has 6 aromatic carbocycles. The molecule has 2 saturated heterocycles. The van der Waals surface area contributed by atoms with Gasteiger partial charge in [0.25, 0.3) is 0 Å². The summed E-state index contributed by atoms with van der Waals surface area (Å²) in [6.45, 7) is 2.63. The van der Waals surface area contributed by atoms with E-state index < -0.39 is 21.0 Å². The molecule has 6 aromatic rings. The molecule has 0 amide bonds. The molecule has 14 heteroatoms. The molecule has 4 atom stereocenters. The van der Waals surface area contributed by atoms with Gasteiger partial charge in [0.2, 0.25) is 10.4 Å². The fourth-order valence-corrected chi connectivity index (χ4v) is 13.7. The third kappa shape index (κ3) is 20.8. The van der Waals surface area contributed by atoms with Crippen LogP contribution in [0.5, 0.6) is 0 Å². The average Bonchev–Trinajstić information content (AvgIpc) is 3.39. The zero-order chi connectivity index (χ0) is 49.1. The van der Waals surface area contributed by atoms with Crippen LogP contribution in [0.2, 0.25) is 0 Å². The lowest BCUT2D eigenvalue weighted by Crippen LogP contribution is -2.44. The highest BCUT2D eigenvalue weighted by molar-refractivity contribution is 7.97. The number of nitrogens with one attached hydrogen (secondary N) is 1. The van der Waals surface area contributed by atoms with Crippen molar-refractivity contribution < 1.29 is 29.8 Å². The molecule has 4 fully saturated rings. The summed E-state index contributed by atoms with van der Waals surface area (Å²) >= 11 is 0. The van der Waals surface area contributed by atoms with Crippen molar-refractivity contribution >= 4 is 55.2 Å². The number of piperidine rings is 2. The zero-order valence-electron chi connectivity index (χ0n) is 40.4. The Morgan fingerprint density at radius 2 is 0.786 bits per heavy atom. The van der Waals surface area contributed by atoms with Crippen LogP contribution in [0, 0.1) is 11.8 Å². The fraction of sp³-hybridized carbons (Fsp3) is 0.357. The van der Waals surface area contributed by atoms with Crippen molar-refractivity contribution in [3.05, 3.63) is 182 Å². The lowest BCUT2D eigenvalue weighted by atomic mass is 9.79. The van der Waals surface area contributed by atoms with Crippen LogP contribution in [0.15, 0.2) is 211 Å². The maximum atomic E-state index is 9.22. The first-order chi connectivity index (χ1) is 33.5. The van der Waals surface area contributed by atoms with E-state index in [2.05, 4.69) is 203 Å². The molecular weight excluding hydrogens is 976 g/mol. The van der Waals surface area contributed by atoms with Crippen LogP contribution >= 0.6 is 12.4 Å². The second-order valence-electron chi connectivity index (χ2n) is 17.3. The summed E-state index contributed by atoms with van der Waals surface area (Å²) in [6, 6.07) is 66.2. The minimum absolute atomic E-state index is 0. The molecule has 4 aliphatic rings. The van der Waals surface area contributed by atoms with Gasteiger partial charge in [0.1, 0.15) is 0 Å². The van der Waals surface area contributed by atoms with Crippen LogP contribution in [0.4, 0.5) is 0 Å². The molecule has 0 spiro atoms. The van der Waals surface area contributed by atoms with Crippen LogP contribution in [-0.4, -0.2) is 69.8 Å². The third-order valence-electron chi connectivity index (χ3n) is 12.7. The lowest BCUT2D eigenvalue weighted by Gasteiger charge is -2.42. The van der Waals surface area contributed by atoms with Gasteiger partial charge in [-0.1, -0.05) is 135 Å². The first-order valence-electron chi connectivity index (χ1n) is 24.0. The summed E-state index contributed by atoms with van der Waals surface area (Å²) in [6.07, 6.45) is 17.7. The smallest absolute Gasteiger partial charge is 0.425 e. The Labute approximate surface area is 432 Å². The van der Waals surface area contributed by atoms with Gasteiger partial charge >= 0.3 is 10.6 Å². The Kier molecular flexibility index (Phi) is 27.2. The zero-order valence-corrected chi connectivity index (χ0v) is 44.5. The minimum atomic E-state index is -4.41. The summed E-state index contributed by atoms with van der Waals surface area (Å²) in [5.41, 5.74) is 0. The first kappa shape index (κ1) is 58.3. The number of benzene rings is 6. The van der Waals surface area contributed by atoms with Gasteiger partial charge in [-0.25, -0.2) is 8.42 Å².